The molecule has 0 spiro atoms. The quantitative estimate of drug-likeness (QED) is 0.647. The van der Waals surface area contributed by atoms with Gasteiger partial charge in [0, 0.05) is 18.2 Å². The fraction of sp³-hybridized carbons (Fsp3) is 0.333. The second-order valence-corrected chi connectivity index (χ2v) is 4.27. The zero-order valence-electron chi connectivity index (χ0n) is 11.1. The molecule has 0 saturated heterocycles. The Bertz CT molecular complexity index is 645. The van der Waals surface area contributed by atoms with E-state index in [-0.39, 0.29) is 30.0 Å². The summed E-state index contributed by atoms with van der Waals surface area (Å²) >= 11 is 0. The predicted octanol–water partition coefficient (Wildman–Crippen LogP) is 1.27. The summed E-state index contributed by atoms with van der Waals surface area (Å²) in [5.41, 5.74) is 5.95. The average molecular weight is 278 g/mol. The van der Waals surface area contributed by atoms with Crippen LogP contribution in [0.1, 0.15) is 6.92 Å². The lowest BCUT2D eigenvalue weighted by atomic mass is 10.2. The second kappa shape index (κ2) is 5.66. The van der Waals surface area contributed by atoms with Crippen molar-refractivity contribution in [2.45, 2.75) is 13.0 Å². The monoisotopic (exact) mass is 278 g/mol. The molecule has 106 valence electrons. The largest absolute Gasteiger partial charge is 0.490 e. The van der Waals surface area contributed by atoms with Gasteiger partial charge in [-0.05, 0) is 6.92 Å². The molecule has 8 nitrogen and oxygen atoms in total. The first kappa shape index (κ1) is 13.9. The summed E-state index contributed by atoms with van der Waals surface area (Å²) in [6.45, 7) is 2.04. The molecule has 20 heavy (non-hydrogen) atoms. The Morgan fingerprint density at radius 2 is 2.20 bits per heavy atom. The van der Waals surface area contributed by atoms with Gasteiger partial charge in [0.2, 0.25) is 5.88 Å². The molecule has 2 rings (SSSR count). The standard InChI is InChI=1S/C12H14N4O4/c1-7(13)5-20-12-8-3-10(16(17)18)11(19-2)4-9(8)14-6-15-12/h3-4,6-7H,5,13H2,1-2H3/t7-/m1/s1. The van der Waals surface area contributed by atoms with Crippen molar-refractivity contribution in [2.24, 2.45) is 5.73 Å². The van der Waals surface area contributed by atoms with Crippen LogP contribution in [0.2, 0.25) is 0 Å². The van der Waals surface area contributed by atoms with Crippen molar-refractivity contribution < 1.29 is 14.4 Å². The molecular weight excluding hydrogens is 264 g/mol. The number of hydrogen-bond donors (Lipinski definition) is 1. The van der Waals surface area contributed by atoms with Crippen LogP contribution in [0.4, 0.5) is 5.69 Å². The van der Waals surface area contributed by atoms with Crippen molar-refractivity contribution in [3.8, 4) is 11.6 Å². The molecule has 0 saturated carbocycles. The molecule has 0 bridgehead atoms. The molecule has 1 aromatic carbocycles. The molecule has 0 aliphatic heterocycles. The topological polar surface area (TPSA) is 113 Å². The summed E-state index contributed by atoms with van der Waals surface area (Å²) in [7, 11) is 1.36. The zero-order valence-corrected chi connectivity index (χ0v) is 11.1. The van der Waals surface area contributed by atoms with Crippen LogP contribution >= 0.6 is 0 Å². The Labute approximate surface area is 114 Å². The SMILES string of the molecule is COc1cc2ncnc(OC[C@@H](C)N)c2cc1[N+](=O)[O-]. The lowest BCUT2D eigenvalue weighted by molar-refractivity contribution is -0.385. The summed E-state index contributed by atoms with van der Waals surface area (Å²) in [6, 6.07) is 2.65. The Morgan fingerprint density at radius 3 is 2.80 bits per heavy atom. The number of methoxy groups -OCH3 is 1. The molecule has 1 atom stereocenters. The molecule has 2 N–H and O–H groups in total. The van der Waals surface area contributed by atoms with Gasteiger partial charge in [0.15, 0.2) is 5.75 Å². The van der Waals surface area contributed by atoms with E-state index in [1.165, 1.54) is 25.6 Å². The fourth-order valence-corrected chi connectivity index (χ4v) is 1.68. The van der Waals surface area contributed by atoms with E-state index in [9.17, 15) is 10.1 Å². The Balaban J connectivity index is 2.55. The molecule has 0 unspecified atom stereocenters. The van der Waals surface area contributed by atoms with Crippen molar-refractivity contribution >= 4 is 16.6 Å². The molecule has 2 aromatic rings. The number of rotatable bonds is 5. The van der Waals surface area contributed by atoms with Crippen LogP contribution in [0.15, 0.2) is 18.5 Å². The maximum absolute atomic E-state index is 11.0. The van der Waals surface area contributed by atoms with E-state index in [1.54, 1.807) is 6.92 Å². The third-order valence-corrected chi connectivity index (χ3v) is 2.58. The smallest absolute Gasteiger partial charge is 0.311 e. The van der Waals surface area contributed by atoms with Crippen LogP contribution in [-0.4, -0.2) is 34.6 Å². The molecule has 0 fully saturated rings. The van der Waals surface area contributed by atoms with E-state index in [0.29, 0.717) is 10.9 Å². The van der Waals surface area contributed by atoms with E-state index in [1.807, 2.05) is 0 Å². The summed E-state index contributed by atoms with van der Waals surface area (Å²) < 4.78 is 10.4. The molecule has 0 amide bonds. The molecule has 0 aliphatic carbocycles. The summed E-state index contributed by atoms with van der Waals surface area (Å²) in [5.74, 6) is 0.400. The highest BCUT2D eigenvalue weighted by Gasteiger charge is 2.19. The van der Waals surface area contributed by atoms with Crippen LogP contribution in [0, 0.1) is 10.1 Å². The number of fused-ring (bicyclic) bond motifs is 1. The number of aromatic nitrogens is 2. The van der Waals surface area contributed by atoms with Crippen LogP contribution < -0.4 is 15.2 Å². The highest BCUT2D eigenvalue weighted by atomic mass is 16.6. The van der Waals surface area contributed by atoms with Crippen LogP contribution in [0.3, 0.4) is 0 Å². The molecule has 0 aliphatic rings. The lowest BCUT2D eigenvalue weighted by Gasteiger charge is -2.10. The van der Waals surface area contributed by atoms with E-state index in [0.717, 1.165) is 0 Å². The van der Waals surface area contributed by atoms with Gasteiger partial charge in [-0.15, -0.1) is 0 Å². The maximum Gasteiger partial charge on any atom is 0.311 e. The van der Waals surface area contributed by atoms with Gasteiger partial charge in [-0.2, -0.15) is 0 Å². The van der Waals surface area contributed by atoms with Crippen molar-refractivity contribution in [3.05, 3.63) is 28.6 Å². The van der Waals surface area contributed by atoms with Gasteiger partial charge in [-0.1, -0.05) is 0 Å². The Kier molecular flexibility index (Phi) is 3.94. The third-order valence-electron chi connectivity index (χ3n) is 2.58. The van der Waals surface area contributed by atoms with Gasteiger partial charge in [0.25, 0.3) is 0 Å². The molecular formula is C12H14N4O4. The lowest BCUT2D eigenvalue weighted by Crippen LogP contribution is -2.24. The first-order valence-electron chi connectivity index (χ1n) is 5.88. The number of ether oxygens (including phenoxy) is 2. The number of nitro benzene ring substituents is 1. The molecule has 1 aromatic heterocycles. The van der Waals surface area contributed by atoms with E-state index in [4.69, 9.17) is 15.2 Å². The first-order valence-corrected chi connectivity index (χ1v) is 5.88. The number of nitrogens with zero attached hydrogens (tertiary/aromatic N) is 3. The summed E-state index contributed by atoms with van der Waals surface area (Å²) in [4.78, 5) is 18.5. The minimum Gasteiger partial charge on any atom is -0.490 e. The third kappa shape index (κ3) is 2.75. The van der Waals surface area contributed by atoms with Crippen LogP contribution in [0.5, 0.6) is 11.6 Å². The Morgan fingerprint density at radius 1 is 1.45 bits per heavy atom. The van der Waals surface area contributed by atoms with Gasteiger partial charge in [-0.25, -0.2) is 9.97 Å². The van der Waals surface area contributed by atoms with Crippen LogP contribution in [0.25, 0.3) is 10.9 Å². The summed E-state index contributed by atoms with van der Waals surface area (Å²) in [5, 5.41) is 11.5. The minimum atomic E-state index is -0.527. The van der Waals surface area contributed by atoms with Gasteiger partial charge < -0.3 is 15.2 Å². The zero-order chi connectivity index (χ0) is 14.7. The van der Waals surface area contributed by atoms with Gasteiger partial charge in [-0.3, -0.25) is 10.1 Å². The van der Waals surface area contributed by atoms with E-state index in [2.05, 4.69) is 9.97 Å². The Hall–Kier alpha value is -2.48. The number of benzene rings is 1. The highest BCUT2D eigenvalue weighted by Crippen LogP contribution is 2.34. The van der Waals surface area contributed by atoms with E-state index < -0.39 is 4.92 Å². The minimum absolute atomic E-state index is 0.138. The number of hydrogen-bond acceptors (Lipinski definition) is 7. The van der Waals surface area contributed by atoms with Gasteiger partial charge in [0.1, 0.15) is 12.9 Å². The van der Waals surface area contributed by atoms with Crippen molar-refractivity contribution in [3.63, 3.8) is 0 Å². The molecule has 0 radical (unpaired) electrons. The predicted molar refractivity (Wildman–Crippen MR) is 71.9 cm³/mol. The van der Waals surface area contributed by atoms with E-state index >= 15 is 0 Å². The maximum atomic E-state index is 11.0. The number of nitro groups is 1. The fourth-order valence-electron chi connectivity index (χ4n) is 1.68. The van der Waals surface area contributed by atoms with Crippen molar-refractivity contribution in [1.29, 1.82) is 0 Å². The van der Waals surface area contributed by atoms with Crippen molar-refractivity contribution in [1.82, 2.24) is 9.97 Å². The van der Waals surface area contributed by atoms with Crippen molar-refractivity contribution in [2.75, 3.05) is 13.7 Å². The first-order chi connectivity index (χ1) is 9.52. The normalized spacial score (nSPS) is 12.2. The van der Waals surface area contributed by atoms with Gasteiger partial charge >= 0.3 is 5.69 Å². The highest BCUT2D eigenvalue weighted by molar-refractivity contribution is 5.87. The molecule has 8 heteroatoms. The number of nitrogens with two attached hydrogens (primary N) is 1. The van der Waals surface area contributed by atoms with Crippen LogP contribution in [-0.2, 0) is 0 Å². The van der Waals surface area contributed by atoms with Gasteiger partial charge in [0.05, 0.1) is 22.9 Å². The average Bonchev–Trinajstić information content (AvgIpc) is 2.43. The second-order valence-electron chi connectivity index (χ2n) is 4.27. The summed E-state index contributed by atoms with van der Waals surface area (Å²) in [6.07, 6.45) is 1.32. The molecule has 1 heterocycles.